The van der Waals surface area contributed by atoms with Crippen molar-refractivity contribution < 1.29 is 0 Å². The van der Waals surface area contributed by atoms with Crippen molar-refractivity contribution >= 4 is 11.6 Å². The monoisotopic (exact) mass is 186 g/mol. The summed E-state index contributed by atoms with van der Waals surface area (Å²) in [6.45, 7) is 3.77. The maximum Gasteiger partial charge on any atom is 0.0280 e. The van der Waals surface area contributed by atoms with Crippen LogP contribution in [0.4, 0.5) is 0 Å². The van der Waals surface area contributed by atoms with Crippen LogP contribution in [0.2, 0.25) is 0 Å². The second-order valence-electron chi connectivity index (χ2n) is 4.02. The van der Waals surface area contributed by atoms with Crippen molar-refractivity contribution in [2.24, 2.45) is 5.41 Å². The molecule has 0 radical (unpaired) electrons. The Morgan fingerprint density at radius 2 is 1.92 bits per heavy atom. The summed E-state index contributed by atoms with van der Waals surface area (Å²) in [5.41, 5.74) is 0.466. The highest BCUT2D eigenvalue weighted by atomic mass is 35.5. The molecule has 70 valence electrons. The van der Waals surface area contributed by atoms with Crippen LogP contribution in [0.25, 0.3) is 0 Å². The molecule has 1 aliphatic rings. The first-order valence-electron chi connectivity index (χ1n) is 5.00. The van der Waals surface area contributed by atoms with Crippen molar-refractivity contribution in [1.29, 1.82) is 0 Å². The molecule has 1 rings (SSSR count). The molecule has 0 aliphatic heterocycles. The molecule has 0 N–H and O–H groups in total. The van der Waals surface area contributed by atoms with E-state index >= 15 is 0 Å². The van der Waals surface area contributed by atoms with Gasteiger partial charge in [0.25, 0.3) is 0 Å². The molecule has 0 aromatic carbocycles. The van der Waals surface area contributed by atoms with E-state index in [1.54, 1.807) is 0 Å². The van der Waals surface area contributed by atoms with Gasteiger partial charge in [0.15, 0.2) is 0 Å². The summed E-state index contributed by atoms with van der Waals surface area (Å²) >= 11 is 6.04. The Bertz CT molecular complexity index is 134. The van der Waals surface area contributed by atoms with E-state index in [0.717, 1.165) is 12.3 Å². The smallest absolute Gasteiger partial charge is 0.0280 e. The van der Waals surface area contributed by atoms with Crippen molar-refractivity contribution in [3.63, 3.8) is 0 Å². The van der Waals surface area contributed by atoms with Crippen LogP contribution in [-0.2, 0) is 0 Å². The third kappa shape index (κ3) is 2.52. The Balaban J connectivity index is 2.41. The number of hydrogen-bond acceptors (Lipinski definition) is 0. The van der Waals surface area contributed by atoms with E-state index < -0.39 is 0 Å². The van der Waals surface area contributed by atoms with Gasteiger partial charge >= 0.3 is 0 Å². The van der Waals surface area contributed by atoms with Crippen LogP contribution in [0.1, 0.15) is 44.9 Å². The highest BCUT2D eigenvalue weighted by Gasteiger charge is 2.29. The first-order valence-corrected chi connectivity index (χ1v) is 5.53. The molecule has 0 aromatic rings. The van der Waals surface area contributed by atoms with Gasteiger partial charge in [0, 0.05) is 5.88 Å². The van der Waals surface area contributed by atoms with E-state index in [1.165, 1.54) is 38.5 Å². The van der Waals surface area contributed by atoms with Crippen molar-refractivity contribution in [3.8, 4) is 0 Å². The van der Waals surface area contributed by atoms with Gasteiger partial charge in [-0.25, -0.2) is 0 Å². The highest BCUT2D eigenvalue weighted by Crippen LogP contribution is 2.41. The van der Waals surface area contributed by atoms with Gasteiger partial charge in [-0.1, -0.05) is 25.3 Å². The topological polar surface area (TPSA) is 0 Å². The summed E-state index contributed by atoms with van der Waals surface area (Å²) in [6, 6.07) is 0. The highest BCUT2D eigenvalue weighted by molar-refractivity contribution is 6.18. The molecule has 0 aromatic heterocycles. The maximum absolute atomic E-state index is 6.04. The van der Waals surface area contributed by atoms with Crippen LogP contribution in [0.5, 0.6) is 0 Å². The summed E-state index contributed by atoms with van der Waals surface area (Å²) < 4.78 is 0. The fourth-order valence-electron chi connectivity index (χ4n) is 2.16. The van der Waals surface area contributed by atoms with Gasteiger partial charge in [0.1, 0.15) is 0 Å². The molecule has 0 unspecified atom stereocenters. The van der Waals surface area contributed by atoms with Crippen LogP contribution in [-0.4, -0.2) is 5.88 Å². The number of alkyl halides is 1. The Hall–Kier alpha value is 0.0300. The molecule has 0 saturated heterocycles. The van der Waals surface area contributed by atoms with Gasteiger partial charge in [-0.15, -0.1) is 18.2 Å². The lowest BCUT2D eigenvalue weighted by Gasteiger charge is -2.35. The van der Waals surface area contributed by atoms with E-state index in [1.807, 2.05) is 6.08 Å². The zero-order chi connectivity index (χ0) is 8.86. The van der Waals surface area contributed by atoms with Gasteiger partial charge in [-0.2, -0.15) is 0 Å². The molecule has 0 amide bonds. The number of hydrogen-bond donors (Lipinski definition) is 0. The molecule has 1 saturated carbocycles. The SMILES string of the molecule is C=CCCC1(CCl)CCCCC1. The molecule has 0 nitrogen and oxygen atoms in total. The third-order valence-corrected chi connectivity index (χ3v) is 3.64. The van der Waals surface area contributed by atoms with Crippen LogP contribution < -0.4 is 0 Å². The van der Waals surface area contributed by atoms with Crippen molar-refractivity contribution in [2.45, 2.75) is 44.9 Å². The Kier molecular flexibility index (Phi) is 4.14. The standard InChI is InChI=1S/C11H19Cl/c1-2-3-7-11(10-12)8-5-4-6-9-11/h2H,1,3-10H2. The zero-order valence-electron chi connectivity index (χ0n) is 7.82. The Morgan fingerprint density at radius 1 is 1.25 bits per heavy atom. The molecule has 0 bridgehead atoms. The van der Waals surface area contributed by atoms with E-state index in [0.29, 0.717) is 5.41 Å². The van der Waals surface area contributed by atoms with E-state index in [-0.39, 0.29) is 0 Å². The minimum Gasteiger partial charge on any atom is -0.126 e. The molecule has 12 heavy (non-hydrogen) atoms. The number of halogens is 1. The fourth-order valence-corrected chi connectivity index (χ4v) is 2.56. The average molecular weight is 187 g/mol. The summed E-state index contributed by atoms with van der Waals surface area (Å²) in [5.74, 6) is 0.848. The molecule has 1 fully saturated rings. The van der Waals surface area contributed by atoms with E-state index in [4.69, 9.17) is 11.6 Å². The van der Waals surface area contributed by atoms with Gasteiger partial charge in [-0.3, -0.25) is 0 Å². The minimum atomic E-state index is 0.466. The molecular formula is C11H19Cl. The third-order valence-electron chi connectivity index (χ3n) is 3.08. The van der Waals surface area contributed by atoms with Crippen LogP contribution in [0.15, 0.2) is 12.7 Å². The molecule has 1 aliphatic carbocycles. The van der Waals surface area contributed by atoms with Gasteiger partial charge < -0.3 is 0 Å². The largest absolute Gasteiger partial charge is 0.126 e. The number of rotatable bonds is 4. The van der Waals surface area contributed by atoms with Gasteiger partial charge in [0.05, 0.1) is 0 Å². The van der Waals surface area contributed by atoms with Crippen LogP contribution in [0, 0.1) is 5.41 Å². The summed E-state index contributed by atoms with van der Waals surface area (Å²) in [5, 5.41) is 0. The van der Waals surface area contributed by atoms with Gasteiger partial charge in [-0.05, 0) is 31.1 Å². The summed E-state index contributed by atoms with van der Waals surface area (Å²) in [4.78, 5) is 0. The Labute approximate surface area is 81.0 Å². The second kappa shape index (κ2) is 4.91. The van der Waals surface area contributed by atoms with Crippen molar-refractivity contribution in [3.05, 3.63) is 12.7 Å². The zero-order valence-corrected chi connectivity index (χ0v) is 8.58. The molecule has 0 atom stereocenters. The lowest BCUT2D eigenvalue weighted by molar-refractivity contribution is 0.205. The predicted molar refractivity (Wildman–Crippen MR) is 55.7 cm³/mol. The number of allylic oxidation sites excluding steroid dienone is 1. The quantitative estimate of drug-likeness (QED) is 0.457. The molecule has 0 heterocycles. The average Bonchev–Trinajstić information content (AvgIpc) is 2.16. The molecular weight excluding hydrogens is 168 g/mol. The summed E-state index contributed by atoms with van der Waals surface area (Å²) in [7, 11) is 0. The van der Waals surface area contributed by atoms with Crippen molar-refractivity contribution in [2.75, 3.05) is 5.88 Å². The predicted octanol–water partition coefficient (Wildman–Crippen LogP) is 4.14. The van der Waals surface area contributed by atoms with Gasteiger partial charge in [0.2, 0.25) is 0 Å². The normalized spacial score (nSPS) is 22.1. The maximum atomic E-state index is 6.04. The summed E-state index contributed by atoms with van der Waals surface area (Å²) in [6.07, 6.45) is 11.2. The lowest BCUT2D eigenvalue weighted by Crippen LogP contribution is -2.25. The second-order valence-corrected chi connectivity index (χ2v) is 4.29. The van der Waals surface area contributed by atoms with Crippen LogP contribution in [0.3, 0.4) is 0 Å². The Morgan fingerprint density at radius 3 is 2.42 bits per heavy atom. The first kappa shape index (κ1) is 10.1. The first-order chi connectivity index (χ1) is 5.83. The molecule has 0 spiro atoms. The van der Waals surface area contributed by atoms with Crippen LogP contribution >= 0.6 is 11.6 Å². The van der Waals surface area contributed by atoms with E-state index in [2.05, 4.69) is 6.58 Å². The van der Waals surface area contributed by atoms with E-state index in [9.17, 15) is 0 Å². The lowest BCUT2D eigenvalue weighted by atomic mass is 9.72. The fraction of sp³-hybridized carbons (Fsp3) is 0.818. The van der Waals surface area contributed by atoms with Crippen molar-refractivity contribution in [1.82, 2.24) is 0 Å². The minimum absolute atomic E-state index is 0.466. The molecule has 1 heteroatoms.